The van der Waals surface area contributed by atoms with Crippen LogP contribution in [0.5, 0.6) is 5.75 Å². The zero-order valence-corrected chi connectivity index (χ0v) is 7.32. The van der Waals surface area contributed by atoms with Crippen LogP contribution in [0.3, 0.4) is 0 Å². The van der Waals surface area contributed by atoms with Crippen LogP contribution in [0.15, 0.2) is 24.3 Å². The highest BCUT2D eigenvalue weighted by Gasteiger charge is 1.92. The maximum absolute atomic E-state index is 10.1. The molecular weight excluding hydrogens is 170 g/mol. The molecule has 0 spiro atoms. The minimum absolute atomic E-state index is 0.223. The molecule has 1 amide bonds. The average Bonchev–Trinajstić information content (AvgIpc) is 2.17. The highest BCUT2D eigenvalue weighted by Crippen LogP contribution is 2.14. The second-order valence-corrected chi connectivity index (χ2v) is 2.34. The van der Waals surface area contributed by atoms with Crippen molar-refractivity contribution in [2.75, 3.05) is 19.2 Å². The summed E-state index contributed by atoms with van der Waals surface area (Å²) in [7, 11) is 1.56. The summed E-state index contributed by atoms with van der Waals surface area (Å²) >= 11 is 0. The van der Waals surface area contributed by atoms with Gasteiger partial charge in [0.15, 0.2) is 6.79 Å². The van der Waals surface area contributed by atoms with E-state index in [4.69, 9.17) is 9.47 Å². The molecule has 0 aromatic heterocycles. The van der Waals surface area contributed by atoms with Crippen molar-refractivity contribution in [3.63, 3.8) is 0 Å². The number of benzene rings is 1. The van der Waals surface area contributed by atoms with Crippen molar-refractivity contribution in [1.82, 2.24) is 0 Å². The molecule has 1 rings (SSSR count). The van der Waals surface area contributed by atoms with Crippen molar-refractivity contribution in [2.24, 2.45) is 0 Å². The minimum Gasteiger partial charge on any atom is -0.468 e. The van der Waals surface area contributed by atoms with Crippen LogP contribution in [0.2, 0.25) is 0 Å². The lowest BCUT2D eigenvalue weighted by atomic mass is 10.3. The molecule has 0 aliphatic rings. The van der Waals surface area contributed by atoms with Gasteiger partial charge < -0.3 is 14.8 Å². The van der Waals surface area contributed by atoms with Crippen LogP contribution in [0, 0.1) is 0 Å². The van der Waals surface area contributed by atoms with Crippen LogP contribution in [0.1, 0.15) is 0 Å². The van der Waals surface area contributed by atoms with E-state index in [0.717, 1.165) is 5.69 Å². The first-order chi connectivity index (χ1) is 6.36. The summed E-state index contributed by atoms with van der Waals surface area (Å²) in [5.41, 5.74) is 0.736. The third kappa shape index (κ3) is 3.13. The first-order valence-electron chi connectivity index (χ1n) is 3.79. The number of ether oxygens (including phenoxy) is 2. The summed E-state index contributed by atoms with van der Waals surface area (Å²) in [5.74, 6) is 0.707. The molecule has 0 fully saturated rings. The summed E-state index contributed by atoms with van der Waals surface area (Å²) in [6, 6.07) is 7.01. The van der Waals surface area contributed by atoms with Gasteiger partial charge in [-0.2, -0.15) is 0 Å². The Hall–Kier alpha value is -1.55. The van der Waals surface area contributed by atoms with Crippen molar-refractivity contribution < 1.29 is 14.3 Å². The first-order valence-corrected chi connectivity index (χ1v) is 3.79. The SMILES string of the molecule is COCOc1ccc(NC=O)cc1. The number of hydrogen-bond acceptors (Lipinski definition) is 3. The summed E-state index contributed by atoms with van der Waals surface area (Å²) in [6.45, 7) is 0.223. The molecule has 1 N–H and O–H groups in total. The number of amides is 1. The molecule has 1 aromatic carbocycles. The van der Waals surface area contributed by atoms with Gasteiger partial charge >= 0.3 is 0 Å². The molecule has 0 saturated heterocycles. The Labute approximate surface area is 76.5 Å². The van der Waals surface area contributed by atoms with Crippen molar-refractivity contribution in [3.05, 3.63) is 24.3 Å². The highest BCUT2D eigenvalue weighted by molar-refractivity contribution is 5.71. The van der Waals surface area contributed by atoms with Gasteiger partial charge in [0.1, 0.15) is 5.75 Å². The van der Waals surface area contributed by atoms with E-state index in [9.17, 15) is 4.79 Å². The van der Waals surface area contributed by atoms with E-state index < -0.39 is 0 Å². The topological polar surface area (TPSA) is 47.6 Å². The van der Waals surface area contributed by atoms with E-state index in [1.807, 2.05) is 0 Å². The second kappa shape index (κ2) is 5.16. The summed E-state index contributed by atoms with van der Waals surface area (Å²) in [4.78, 5) is 10.1. The molecule has 0 bridgehead atoms. The Kier molecular flexibility index (Phi) is 3.78. The molecule has 0 heterocycles. The van der Waals surface area contributed by atoms with E-state index in [0.29, 0.717) is 12.2 Å². The maximum Gasteiger partial charge on any atom is 0.211 e. The number of carbonyl (C=O) groups is 1. The third-order valence-electron chi connectivity index (χ3n) is 1.42. The molecule has 0 aliphatic carbocycles. The zero-order chi connectivity index (χ0) is 9.52. The minimum atomic E-state index is 0.223. The van der Waals surface area contributed by atoms with Gasteiger partial charge in [-0.3, -0.25) is 4.79 Å². The van der Waals surface area contributed by atoms with Gasteiger partial charge in [-0.25, -0.2) is 0 Å². The lowest BCUT2D eigenvalue weighted by Crippen LogP contribution is -1.99. The molecule has 0 aliphatic heterocycles. The Bertz CT molecular complexity index is 258. The number of carbonyl (C=O) groups excluding carboxylic acids is 1. The molecule has 0 atom stereocenters. The molecule has 1 aromatic rings. The summed E-state index contributed by atoms with van der Waals surface area (Å²) < 4.78 is 9.88. The Morgan fingerprint density at radius 2 is 2.08 bits per heavy atom. The second-order valence-electron chi connectivity index (χ2n) is 2.34. The number of nitrogens with one attached hydrogen (secondary N) is 1. The fraction of sp³-hybridized carbons (Fsp3) is 0.222. The smallest absolute Gasteiger partial charge is 0.211 e. The fourth-order valence-electron chi connectivity index (χ4n) is 0.842. The predicted molar refractivity (Wildman–Crippen MR) is 48.6 cm³/mol. The number of methoxy groups -OCH3 is 1. The first kappa shape index (κ1) is 9.54. The normalized spacial score (nSPS) is 9.31. The van der Waals surface area contributed by atoms with Gasteiger partial charge in [0.2, 0.25) is 6.41 Å². The van der Waals surface area contributed by atoms with E-state index in [-0.39, 0.29) is 6.79 Å². The fourth-order valence-corrected chi connectivity index (χ4v) is 0.842. The monoisotopic (exact) mass is 181 g/mol. The predicted octanol–water partition coefficient (Wildman–Crippen LogP) is 1.24. The van der Waals surface area contributed by atoms with Crippen LogP contribution in [-0.2, 0) is 9.53 Å². The third-order valence-corrected chi connectivity index (χ3v) is 1.42. The molecule has 4 heteroatoms. The molecule has 70 valence electrons. The zero-order valence-electron chi connectivity index (χ0n) is 7.32. The van der Waals surface area contributed by atoms with Gasteiger partial charge in [0, 0.05) is 12.8 Å². The average molecular weight is 181 g/mol. The molecule has 4 nitrogen and oxygen atoms in total. The largest absolute Gasteiger partial charge is 0.468 e. The summed E-state index contributed by atoms with van der Waals surface area (Å²) in [5, 5.41) is 2.52. The van der Waals surface area contributed by atoms with Gasteiger partial charge in [-0.1, -0.05) is 0 Å². The molecular formula is C9H11NO3. The van der Waals surface area contributed by atoms with Crippen molar-refractivity contribution in [1.29, 1.82) is 0 Å². The number of rotatable bonds is 5. The van der Waals surface area contributed by atoms with E-state index in [1.165, 1.54) is 0 Å². The van der Waals surface area contributed by atoms with Crippen molar-refractivity contribution in [3.8, 4) is 5.75 Å². The van der Waals surface area contributed by atoms with E-state index in [2.05, 4.69) is 5.32 Å². The van der Waals surface area contributed by atoms with Crippen molar-refractivity contribution >= 4 is 12.1 Å². The van der Waals surface area contributed by atoms with E-state index in [1.54, 1.807) is 31.4 Å². The lowest BCUT2D eigenvalue weighted by Gasteiger charge is -2.04. The molecule has 0 unspecified atom stereocenters. The van der Waals surface area contributed by atoms with Gasteiger partial charge in [-0.05, 0) is 24.3 Å². The quantitative estimate of drug-likeness (QED) is 0.549. The van der Waals surface area contributed by atoms with Gasteiger partial charge in [-0.15, -0.1) is 0 Å². The standard InChI is InChI=1S/C9H11NO3/c1-12-7-13-9-4-2-8(3-5-9)10-6-11/h2-6H,7H2,1H3,(H,10,11). The maximum atomic E-state index is 10.1. The summed E-state index contributed by atoms with van der Waals surface area (Å²) in [6.07, 6.45) is 0.630. The Morgan fingerprint density at radius 1 is 1.38 bits per heavy atom. The van der Waals surface area contributed by atoms with Crippen LogP contribution < -0.4 is 10.1 Å². The Balaban J connectivity index is 2.53. The number of anilines is 1. The van der Waals surface area contributed by atoms with Crippen LogP contribution in [0.4, 0.5) is 5.69 Å². The molecule has 0 radical (unpaired) electrons. The highest BCUT2D eigenvalue weighted by atomic mass is 16.7. The lowest BCUT2D eigenvalue weighted by molar-refractivity contribution is -0.105. The van der Waals surface area contributed by atoms with Gasteiger partial charge in [0.25, 0.3) is 0 Å². The van der Waals surface area contributed by atoms with Crippen LogP contribution >= 0.6 is 0 Å². The molecule has 13 heavy (non-hydrogen) atoms. The van der Waals surface area contributed by atoms with Crippen LogP contribution in [-0.4, -0.2) is 20.3 Å². The number of hydrogen-bond donors (Lipinski definition) is 1. The van der Waals surface area contributed by atoms with Crippen LogP contribution in [0.25, 0.3) is 0 Å². The van der Waals surface area contributed by atoms with Gasteiger partial charge in [0.05, 0.1) is 0 Å². The molecule has 0 saturated carbocycles. The van der Waals surface area contributed by atoms with Crippen molar-refractivity contribution in [2.45, 2.75) is 0 Å². The van der Waals surface area contributed by atoms with E-state index >= 15 is 0 Å². The Morgan fingerprint density at radius 3 is 2.62 bits per heavy atom.